The van der Waals surface area contributed by atoms with Crippen LogP contribution in [0, 0.1) is 0 Å². The molecule has 0 atom stereocenters. The van der Waals surface area contributed by atoms with Gasteiger partial charge < -0.3 is 0 Å². The summed E-state index contributed by atoms with van der Waals surface area (Å²) in [4.78, 5) is 19.7. The Bertz CT molecular complexity index is 145. The number of rotatable bonds is 5. The van der Waals surface area contributed by atoms with Gasteiger partial charge in [-0.05, 0) is 13.3 Å². The molecule has 0 aliphatic carbocycles. The van der Waals surface area contributed by atoms with Crippen LogP contribution in [0.3, 0.4) is 0 Å². The fourth-order valence-corrected chi connectivity index (χ4v) is 0.658. The Hall–Kier alpha value is -0.613. The van der Waals surface area contributed by atoms with Crippen molar-refractivity contribution in [2.45, 2.75) is 19.4 Å². The minimum atomic E-state index is -0.488. The average Bonchev–Trinajstić information content (AvgIpc) is 1.97. The van der Waals surface area contributed by atoms with Gasteiger partial charge in [0.1, 0.15) is 0 Å². The Morgan fingerprint density at radius 1 is 1.64 bits per heavy atom. The largest absolute Gasteiger partial charge is 0.368 e. The molecular weight excluding hydrogens is 160 g/mol. The maximum Gasteiger partial charge on any atom is 0.368 e. The molecule has 0 aromatic carbocycles. The summed E-state index contributed by atoms with van der Waals surface area (Å²) >= 11 is 0. The second kappa shape index (κ2) is 6.12. The lowest BCUT2D eigenvalue weighted by Gasteiger charge is -2.00. The minimum absolute atomic E-state index is 0.357. The zero-order valence-corrected chi connectivity index (χ0v) is 9.05. The van der Waals surface area contributed by atoms with Crippen LogP contribution in [-0.2, 0) is 14.6 Å². The predicted molar refractivity (Wildman–Crippen MR) is 46.2 cm³/mol. The van der Waals surface area contributed by atoms with Gasteiger partial charge in [0.15, 0.2) is 0 Å². The van der Waals surface area contributed by atoms with E-state index < -0.39 is 5.97 Å². The summed E-state index contributed by atoms with van der Waals surface area (Å²) in [6, 6.07) is 1.16. The predicted octanol–water partition coefficient (Wildman–Crippen LogP) is 0.211. The first-order chi connectivity index (χ1) is 5.18. The molecule has 0 unspecified atom stereocenters. The summed E-state index contributed by atoms with van der Waals surface area (Å²) in [6.07, 6.45) is 0.954. The van der Waals surface area contributed by atoms with Crippen molar-refractivity contribution in [2.24, 2.45) is 0 Å². The summed E-state index contributed by atoms with van der Waals surface area (Å²) in [7, 11) is 1.16. The first-order valence-corrected chi connectivity index (χ1v) is 5.09. The van der Waals surface area contributed by atoms with E-state index in [1.54, 1.807) is 6.92 Å². The van der Waals surface area contributed by atoms with Crippen molar-refractivity contribution in [3.05, 3.63) is 12.2 Å². The van der Waals surface area contributed by atoms with Gasteiger partial charge >= 0.3 is 5.97 Å². The fourth-order valence-electron chi connectivity index (χ4n) is 0.370. The zero-order valence-electron chi connectivity index (χ0n) is 7.05. The van der Waals surface area contributed by atoms with Crippen molar-refractivity contribution < 1.29 is 14.6 Å². The molecule has 0 aromatic rings. The van der Waals surface area contributed by atoms with Gasteiger partial charge in [-0.1, -0.05) is 12.6 Å². The molecule has 0 aliphatic rings. The Kier molecular flexibility index (Phi) is 5.78. The van der Waals surface area contributed by atoms with Crippen molar-refractivity contribution >= 4 is 16.2 Å². The highest BCUT2D eigenvalue weighted by Gasteiger charge is 2.02. The third kappa shape index (κ3) is 5.81. The summed E-state index contributed by atoms with van der Waals surface area (Å²) in [5.74, 6) is -0.488. The van der Waals surface area contributed by atoms with Gasteiger partial charge in [-0.3, -0.25) is 4.89 Å². The number of hydrogen-bond acceptors (Lipinski definition) is 3. The molecule has 11 heavy (non-hydrogen) atoms. The highest BCUT2D eigenvalue weighted by molar-refractivity contribution is 6.08. The first-order valence-electron chi connectivity index (χ1n) is 3.67. The lowest BCUT2D eigenvalue weighted by Crippen LogP contribution is -2.06. The molecule has 0 fully saturated rings. The van der Waals surface area contributed by atoms with E-state index in [0.717, 1.165) is 22.7 Å². The molecule has 3 nitrogen and oxygen atoms in total. The number of carbonyl (C=O) groups excluding carboxylic acids is 1. The van der Waals surface area contributed by atoms with E-state index in [4.69, 9.17) is 0 Å². The molecule has 0 rings (SSSR count). The van der Waals surface area contributed by atoms with E-state index in [1.165, 1.54) is 0 Å². The van der Waals surface area contributed by atoms with Gasteiger partial charge in [0.25, 0.3) is 0 Å². The maximum absolute atomic E-state index is 10.7. The lowest BCUT2D eigenvalue weighted by atomic mass is 10.4. The van der Waals surface area contributed by atoms with E-state index in [9.17, 15) is 4.79 Å². The number of carbonyl (C=O) groups is 1. The smallest absolute Gasteiger partial charge is 0.293 e. The lowest BCUT2D eigenvalue weighted by molar-refractivity contribution is -0.268. The maximum atomic E-state index is 10.7. The van der Waals surface area contributed by atoms with Crippen LogP contribution in [0.1, 0.15) is 13.3 Å². The molecule has 0 aromatic heterocycles. The van der Waals surface area contributed by atoms with E-state index in [0.29, 0.717) is 12.2 Å². The molecule has 0 aliphatic heterocycles. The Labute approximate surface area is 69.7 Å². The topological polar surface area (TPSA) is 35.5 Å². The monoisotopic (exact) mass is 174 g/mol. The Morgan fingerprint density at radius 2 is 2.27 bits per heavy atom. The third-order valence-electron chi connectivity index (χ3n) is 1.06. The van der Waals surface area contributed by atoms with Crippen molar-refractivity contribution in [1.29, 1.82) is 0 Å². The molecular formula is C7H14O3Si. The Balaban J connectivity index is 3.25. The van der Waals surface area contributed by atoms with Crippen LogP contribution < -0.4 is 0 Å². The summed E-state index contributed by atoms with van der Waals surface area (Å²) in [5, 5.41) is 0. The average molecular weight is 174 g/mol. The summed E-state index contributed by atoms with van der Waals surface area (Å²) < 4.78 is 0. The van der Waals surface area contributed by atoms with E-state index in [-0.39, 0.29) is 0 Å². The highest BCUT2D eigenvalue weighted by Crippen LogP contribution is 1.94. The van der Waals surface area contributed by atoms with Crippen LogP contribution in [0.25, 0.3) is 0 Å². The van der Waals surface area contributed by atoms with Crippen molar-refractivity contribution in [1.82, 2.24) is 0 Å². The molecule has 0 bridgehead atoms. The van der Waals surface area contributed by atoms with Gasteiger partial charge in [0, 0.05) is 15.8 Å². The van der Waals surface area contributed by atoms with E-state index >= 15 is 0 Å². The van der Waals surface area contributed by atoms with Crippen molar-refractivity contribution in [2.75, 3.05) is 6.61 Å². The van der Waals surface area contributed by atoms with Crippen LogP contribution in [0.5, 0.6) is 0 Å². The zero-order chi connectivity index (χ0) is 8.69. The van der Waals surface area contributed by atoms with Crippen molar-refractivity contribution in [3.8, 4) is 0 Å². The standard InChI is InChI=1S/C7H14O3Si/c1-6(2)7(8)10-9-4-3-5-11/h1,3-5H2,2,11H3. The molecule has 0 heterocycles. The van der Waals surface area contributed by atoms with E-state index in [1.807, 2.05) is 0 Å². The number of hydrogen-bond donors (Lipinski definition) is 0. The highest BCUT2D eigenvalue weighted by atomic mass is 28.1. The second-order valence-corrected chi connectivity index (χ2v) is 3.33. The molecule has 64 valence electrons. The van der Waals surface area contributed by atoms with E-state index in [2.05, 4.69) is 16.4 Å². The molecule has 0 amide bonds. The molecule has 0 saturated carbocycles. The van der Waals surface area contributed by atoms with Crippen LogP contribution in [0.15, 0.2) is 12.2 Å². The van der Waals surface area contributed by atoms with Crippen LogP contribution in [0.4, 0.5) is 0 Å². The summed E-state index contributed by atoms with van der Waals surface area (Å²) in [5.41, 5.74) is 0.357. The van der Waals surface area contributed by atoms with Gasteiger partial charge in [-0.2, -0.15) is 4.89 Å². The molecule has 0 radical (unpaired) electrons. The van der Waals surface area contributed by atoms with Gasteiger partial charge in [-0.25, -0.2) is 4.79 Å². The first kappa shape index (κ1) is 10.4. The molecule has 4 heteroatoms. The Morgan fingerprint density at radius 3 is 2.73 bits per heavy atom. The molecule has 0 N–H and O–H groups in total. The van der Waals surface area contributed by atoms with Gasteiger partial charge in [0.05, 0.1) is 6.61 Å². The normalized spacial score (nSPS) is 9.55. The SMILES string of the molecule is C=C(C)C(=O)OOCCC[SiH3]. The third-order valence-corrected chi connectivity index (χ3v) is 1.77. The van der Waals surface area contributed by atoms with Crippen molar-refractivity contribution in [3.63, 3.8) is 0 Å². The van der Waals surface area contributed by atoms with Crippen LogP contribution >= 0.6 is 0 Å². The summed E-state index contributed by atoms with van der Waals surface area (Å²) in [6.45, 7) is 5.48. The fraction of sp³-hybridized carbons (Fsp3) is 0.571. The second-order valence-electron chi connectivity index (χ2n) is 2.33. The van der Waals surface area contributed by atoms with Gasteiger partial charge in [0.2, 0.25) is 0 Å². The van der Waals surface area contributed by atoms with Gasteiger partial charge in [-0.15, -0.1) is 0 Å². The quantitative estimate of drug-likeness (QED) is 0.196. The molecule has 0 spiro atoms. The van der Waals surface area contributed by atoms with Crippen LogP contribution in [0.2, 0.25) is 6.04 Å². The minimum Gasteiger partial charge on any atom is -0.293 e. The van der Waals surface area contributed by atoms with Crippen LogP contribution in [-0.4, -0.2) is 22.8 Å². The molecule has 0 saturated heterocycles.